The molecule has 0 saturated heterocycles. The summed E-state index contributed by atoms with van der Waals surface area (Å²) < 4.78 is 0.798. The van der Waals surface area contributed by atoms with Crippen LogP contribution < -0.4 is 0 Å². The third kappa shape index (κ3) is 2.81. The largest absolute Gasteiger partial charge is 0.292 e. The quantitative estimate of drug-likeness (QED) is 0.597. The molecular formula is C10H9Br2ClO. The van der Waals surface area contributed by atoms with Gasteiger partial charge in [0, 0.05) is 15.4 Å². The van der Waals surface area contributed by atoms with E-state index in [1.165, 1.54) is 0 Å². The average molecular weight is 340 g/mol. The molecule has 0 amide bonds. The molecule has 0 heterocycles. The van der Waals surface area contributed by atoms with Crippen molar-refractivity contribution < 1.29 is 4.79 Å². The number of hydrogen-bond donors (Lipinski definition) is 0. The summed E-state index contributed by atoms with van der Waals surface area (Å²) >= 11 is 12.4. The van der Waals surface area contributed by atoms with Gasteiger partial charge in [-0.05, 0) is 24.6 Å². The van der Waals surface area contributed by atoms with E-state index in [1.54, 1.807) is 13.0 Å². The molecule has 0 aromatic heterocycles. The lowest BCUT2D eigenvalue weighted by Gasteiger charge is -2.06. The molecule has 76 valence electrons. The lowest BCUT2D eigenvalue weighted by Crippen LogP contribution is -2.11. The standard InChI is InChI=1S/C10H9Br2ClO/c1-6(13)10(14)8-3-2-7(5-11)4-9(8)12/h2-4,6H,5H2,1H3. The Morgan fingerprint density at radius 3 is 2.64 bits per heavy atom. The summed E-state index contributed by atoms with van der Waals surface area (Å²) in [5, 5.41) is 0.289. The Kier molecular flexibility index (Phi) is 4.61. The van der Waals surface area contributed by atoms with Crippen molar-refractivity contribution in [3.8, 4) is 0 Å². The van der Waals surface area contributed by atoms with E-state index in [-0.39, 0.29) is 5.78 Å². The Bertz CT molecular complexity index is 350. The molecule has 0 aliphatic heterocycles. The summed E-state index contributed by atoms with van der Waals surface area (Å²) in [6.07, 6.45) is 0. The van der Waals surface area contributed by atoms with Crippen molar-refractivity contribution in [3.63, 3.8) is 0 Å². The van der Waals surface area contributed by atoms with Gasteiger partial charge in [0.25, 0.3) is 0 Å². The van der Waals surface area contributed by atoms with Crippen LogP contribution in [-0.2, 0) is 5.33 Å². The number of Topliss-reactive ketones (excluding diaryl/α,β-unsaturated/α-hetero) is 1. The number of rotatable bonds is 3. The van der Waals surface area contributed by atoms with Crippen LogP contribution in [0.25, 0.3) is 0 Å². The van der Waals surface area contributed by atoms with Gasteiger partial charge in [-0.2, -0.15) is 0 Å². The second-order valence-electron chi connectivity index (χ2n) is 2.93. The van der Waals surface area contributed by atoms with Crippen LogP contribution in [-0.4, -0.2) is 11.2 Å². The van der Waals surface area contributed by atoms with Crippen molar-refractivity contribution >= 4 is 49.2 Å². The van der Waals surface area contributed by atoms with Gasteiger partial charge in [0.15, 0.2) is 5.78 Å². The molecule has 1 aromatic carbocycles. The maximum absolute atomic E-state index is 11.6. The van der Waals surface area contributed by atoms with Crippen molar-refractivity contribution in [3.05, 3.63) is 33.8 Å². The molecule has 0 fully saturated rings. The average Bonchev–Trinajstić information content (AvgIpc) is 2.16. The Labute approximate surface area is 105 Å². The van der Waals surface area contributed by atoms with Gasteiger partial charge < -0.3 is 0 Å². The molecule has 1 atom stereocenters. The molecule has 1 aromatic rings. The normalized spacial score (nSPS) is 12.6. The third-order valence-corrected chi connectivity index (χ3v) is 3.32. The number of carbonyl (C=O) groups excluding carboxylic acids is 1. The highest BCUT2D eigenvalue weighted by molar-refractivity contribution is 9.10. The van der Waals surface area contributed by atoms with Crippen LogP contribution >= 0.6 is 43.5 Å². The Morgan fingerprint density at radius 2 is 2.21 bits per heavy atom. The molecule has 1 nitrogen and oxygen atoms in total. The number of halogens is 3. The van der Waals surface area contributed by atoms with Gasteiger partial charge in [0.05, 0.1) is 5.38 Å². The Balaban J connectivity index is 3.06. The summed E-state index contributed by atoms with van der Waals surface area (Å²) in [7, 11) is 0. The molecular weight excluding hydrogens is 331 g/mol. The summed E-state index contributed by atoms with van der Waals surface area (Å²) in [5.41, 5.74) is 1.76. The third-order valence-electron chi connectivity index (χ3n) is 1.81. The zero-order chi connectivity index (χ0) is 10.7. The number of ketones is 1. The number of alkyl halides is 2. The van der Waals surface area contributed by atoms with E-state index in [1.807, 2.05) is 12.1 Å². The van der Waals surface area contributed by atoms with Crippen molar-refractivity contribution in [2.45, 2.75) is 17.6 Å². The summed E-state index contributed by atoms with van der Waals surface area (Å²) in [5.74, 6) is -0.0559. The monoisotopic (exact) mass is 338 g/mol. The fourth-order valence-electron chi connectivity index (χ4n) is 1.06. The molecule has 14 heavy (non-hydrogen) atoms. The second-order valence-corrected chi connectivity index (χ2v) is 5.00. The molecule has 0 N–H and O–H groups in total. The molecule has 0 aliphatic rings. The predicted octanol–water partition coefficient (Wildman–Crippen LogP) is 4.15. The molecule has 0 saturated carbocycles. The zero-order valence-electron chi connectivity index (χ0n) is 7.56. The lowest BCUT2D eigenvalue weighted by atomic mass is 10.1. The fourth-order valence-corrected chi connectivity index (χ4v) is 2.14. The number of carbonyl (C=O) groups is 1. The highest BCUT2D eigenvalue weighted by Gasteiger charge is 2.15. The van der Waals surface area contributed by atoms with E-state index in [0.29, 0.717) is 5.56 Å². The van der Waals surface area contributed by atoms with E-state index in [4.69, 9.17) is 11.6 Å². The van der Waals surface area contributed by atoms with Gasteiger partial charge in [0.1, 0.15) is 0 Å². The molecule has 4 heteroatoms. The van der Waals surface area contributed by atoms with E-state index in [9.17, 15) is 4.79 Å². The lowest BCUT2D eigenvalue weighted by molar-refractivity contribution is 0.0991. The SMILES string of the molecule is CC(Cl)C(=O)c1ccc(CBr)cc1Br. The minimum Gasteiger partial charge on any atom is -0.292 e. The summed E-state index contributed by atoms with van der Waals surface area (Å²) in [6.45, 7) is 1.68. The van der Waals surface area contributed by atoms with Crippen LogP contribution in [0.1, 0.15) is 22.8 Å². The van der Waals surface area contributed by atoms with Gasteiger partial charge in [-0.1, -0.05) is 37.9 Å². The zero-order valence-corrected chi connectivity index (χ0v) is 11.5. The first-order chi connectivity index (χ1) is 6.56. The van der Waals surface area contributed by atoms with Crippen LogP contribution in [0.5, 0.6) is 0 Å². The van der Waals surface area contributed by atoms with Crippen LogP contribution in [0.3, 0.4) is 0 Å². The molecule has 0 radical (unpaired) electrons. The van der Waals surface area contributed by atoms with Crippen molar-refractivity contribution in [1.29, 1.82) is 0 Å². The predicted molar refractivity (Wildman–Crippen MR) is 66.4 cm³/mol. The molecule has 1 unspecified atom stereocenters. The summed E-state index contributed by atoms with van der Waals surface area (Å²) in [6, 6.07) is 5.62. The smallest absolute Gasteiger partial charge is 0.181 e. The fraction of sp³-hybridized carbons (Fsp3) is 0.300. The van der Waals surface area contributed by atoms with E-state index in [2.05, 4.69) is 31.9 Å². The number of hydrogen-bond acceptors (Lipinski definition) is 1. The molecule has 1 rings (SSSR count). The minimum absolute atomic E-state index is 0.0559. The molecule has 0 aliphatic carbocycles. The van der Waals surface area contributed by atoms with Gasteiger partial charge >= 0.3 is 0 Å². The molecule has 0 spiro atoms. The first-order valence-electron chi connectivity index (χ1n) is 4.09. The van der Waals surface area contributed by atoms with Crippen LogP contribution in [0.15, 0.2) is 22.7 Å². The minimum atomic E-state index is -0.485. The van der Waals surface area contributed by atoms with Gasteiger partial charge in [-0.3, -0.25) is 4.79 Å². The van der Waals surface area contributed by atoms with Crippen LogP contribution in [0, 0.1) is 0 Å². The van der Waals surface area contributed by atoms with Crippen LogP contribution in [0.4, 0.5) is 0 Å². The van der Waals surface area contributed by atoms with Gasteiger partial charge in [-0.25, -0.2) is 0 Å². The van der Waals surface area contributed by atoms with Crippen molar-refractivity contribution in [2.75, 3.05) is 0 Å². The number of benzene rings is 1. The summed E-state index contributed by atoms with van der Waals surface area (Å²) in [4.78, 5) is 11.6. The maximum atomic E-state index is 11.6. The highest BCUT2D eigenvalue weighted by atomic mass is 79.9. The Hall–Kier alpha value is 0.140. The molecule has 0 bridgehead atoms. The first kappa shape index (κ1) is 12.2. The second kappa shape index (κ2) is 5.29. The topological polar surface area (TPSA) is 17.1 Å². The van der Waals surface area contributed by atoms with E-state index in [0.717, 1.165) is 15.4 Å². The van der Waals surface area contributed by atoms with Crippen molar-refractivity contribution in [2.24, 2.45) is 0 Å². The first-order valence-corrected chi connectivity index (χ1v) is 6.44. The maximum Gasteiger partial charge on any atom is 0.181 e. The highest BCUT2D eigenvalue weighted by Crippen LogP contribution is 2.22. The van der Waals surface area contributed by atoms with E-state index >= 15 is 0 Å². The van der Waals surface area contributed by atoms with Crippen molar-refractivity contribution in [1.82, 2.24) is 0 Å². The van der Waals surface area contributed by atoms with E-state index < -0.39 is 5.38 Å². The van der Waals surface area contributed by atoms with Gasteiger partial charge in [-0.15, -0.1) is 11.6 Å². The van der Waals surface area contributed by atoms with Gasteiger partial charge in [0.2, 0.25) is 0 Å². The van der Waals surface area contributed by atoms with Crippen LogP contribution in [0.2, 0.25) is 0 Å². The Morgan fingerprint density at radius 1 is 1.57 bits per heavy atom.